The van der Waals surface area contributed by atoms with Crippen molar-refractivity contribution in [3.8, 4) is 11.1 Å². The largest absolute Gasteiger partial charge is 0.470 e. The molecule has 0 spiro atoms. The molecule has 1 aliphatic rings. The smallest absolute Gasteiger partial charge is 0.181 e. The maximum absolute atomic E-state index is 5.81. The number of nitrogens with two attached hydrogens (primary N) is 1. The van der Waals surface area contributed by atoms with Crippen molar-refractivity contribution in [2.24, 2.45) is 0 Å². The third-order valence-electron chi connectivity index (χ3n) is 4.41. The molecule has 1 aliphatic carbocycles. The first kappa shape index (κ1) is 15.0. The summed E-state index contributed by atoms with van der Waals surface area (Å²) in [6.45, 7) is 5.87. The Morgan fingerprint density at radius 1 is 1.25 bits per heavy atom. The Labute approximate surface area is 145 Å². The number of aromatic nitrogens is 1. The average molecular weight is 334 g/mol. The second kappa shape index (κ2) is 5.80. The third kappa shape index (κ3) is 2.59. The number of hydrogen-bond acceptors (Lipinski definition) is 4. The Balaban J connectivity index is 1.77. The number of nitrogens with zero attached hydrogens (tertiary/aromatic N) is 1. The molecule has 0 radical (unpaired) electrons. The minimum atomic E-state index is 0.419. The SMILES string of the molecule is C=COC1=Cc2ccc(-c3ccc4nc(N)sc4c3)cc2C(C)C1. The van der Waals surface area contributed by atoms with Crippen LogP contribution in [0.4, 0.5) is 5.13 Å². The number of hydrogen-bond donors (Lipinski definition) is 1. The lowest BCUT2D eigenvalue weighted by atomic mass is 9.85. The highest BCUT2D eigenvalue weighted by molar-refractivity contribution is 7.22. The fourth-order valence-electron chi connectivity index (χ4n) is 3.27. The summed E-state index contributed by atoms with van der Waals surface area (Å²) in [7, 11) is 0. The minimum Gasteiger partial charge on any atom is -0.470 e. The van der Waals surface area contributed by atoms with Crippen molar-refractivity contribution in [1.82, 2.24) is 4.98 Å². The Kier molecular flexibility index (Phi) is 3.62. The summed E-state index contributed by atoms with van der Waals surface area (Å²) < 4.78 is 6.61. The molecule has 0 saturated carbocycles. The molecule has 120 valence electrons. The van der Waals surface area contributed by atoms with Gasteiger partial charge in [-0.15, -0.1) is 0 Å². The van der Waals surface area contributed by atoms with Gasteiger partial charge >= 0.3 is 0 Å². The first-order valence-corrected chi connectivity index (χ1v) is 8.74. The van der Waals surface area contributed by atoms with E-state index in [9.17, 15) is 0 Å². The van der Waals surface area contributed by atoms with E-state index in [1.54, 1.807) is 0 Å². The van der Waals surface area contributed by atoms with E-state index in [2.05, 4.69) is 54.9 Å². The summed E-state index contributed by atoms with van der Waals surface area (Å²) in [6, 6.07) is 12.9. The maximum Gasteiger partial charge on any atom is 0.181 e. The van der Waals surface area contributed by atoms with Crippen molar-refractivity contribution in [1.29, 1.82) is 0 Å². The topological polar surface area (TPSA) is 48.1 Å². The van der Waals surface area contributed by atoms with Gasteiger partial charge in [0.25, 0.3) is 0 Å². The highest BCUT2D eigenvalue weighted by Gasteiger charge is 2.19. The maximum atomic E-state index is 5.81. The molecule has 1 heterocycles. The molecule has 3 aromatic rings. The van der Waals surface area contributed by atoms with Crippen LogP contribution in [0.15, 0.2) is 55.0 Å². The van der Waals surface area contributed by atoms with E-state index in [-0.39, 0.29) is 0 Å². The van der Waals surface area contributed by atoms with E-state index >= 15 is 0 Å². The zero-order chi connectivity index (χ0) is 16.7. The number of ether oxygens (including phenoxy) is 1. The van der Waals surface area contributed by atoms with Gasteiger partial charge in [0.2, 0.25) is 0 Å². The van der Waals surface area contributed by atoms with E-state index < -0.39 is 0 Å². The average Bonchev–Trinajstić information content (AvgIpc) is 2.94. The van der Waals surface area contributed by atoms with Gasteiger partial charge in [0.1, 0.15) is 5.76 Å². The van der Waals surface area contributed by atoms with Crippen LogP contribution in [0.3, 0.4) is 0 Å². The summed E-state index contributed by atoms with van der Waals surface area (Å²) in [5, 5.41) is 0.612. The molecule has 0 bridgehead atoms. The zero-order valence-corrected chi connectivity index (χ0v) is 14.3. The van der Waals surface area contributed by atoms with E-state index in [1.165, 1.54) is 39.9 Å². The number of thiazole rings is 1. The molecule has 2 aromatic carbocycles. The van der Waals surface area contributed by atoms with Crippen LogP contribution in [-0.2, 0) is 4.74 Å². The van der Waals surface area contributed by atoms with Crippen LogP contribution in [-0.4, -0.2) is 4.98 Å². The van der Waals surface area contributed by atoms with Gasteiger partial charge in [-0.1, -0.05) is 49.1 Å². The highest BCUT2D eigenvalue weighted by Crippen LogP contribution is 2.37. The predicted molar refractivity (Wildman–Crippen MR) is 102 cm³/mol. The van der Waals surface area contributed by atoms with Crippen molar-refractivity contribution in [3.05, 3.63) is 66.1 Å². The molecule has 24 heavy (non-hydrogen) atoms. The number of nitrogen functional groups attached to an aromatic ring is 1. The summed E-state index contributed by atoms with van der Waals surface area (Å²) in [4.78, 5) is 4.32. The Morgan fingerprint density at radius 3 is 2.88 bits per heavy atom. The lowest BCUT2D eigenvalue weighted by molar-refractivity contribution is 0.329. The number of rotatable bonds is 3. The monoisotopic (exact) mass is 334 g/mol. The molecule has 4 rings (SSSR count). The molecule has 0 aliphatic heterocycles. The lowest BCUT2D eigenvalue weighted by Crippen LogP contribution is -2.05. The van der Waals surface area contributed by atoms with Gasteiger partial charge in [0, 0.05) is 6.42 Å². The summed E-state index contributed by atoms with van der Waals surface area (Å²) in [5.74, 6) is 1.39. The van der Waals surface area contributed by atoms with E-state index in [0.717, 1.165) is 22.4 Å². The van der Waals surface area contributed by atoms with Gasteiger partial charge in [-0.3, -0.25) is 0 Å². The van der Waals surface area contributed by atoms with Gasteiger partial charge in [-0.25, -0.2) is 4.98 Å². The minimum absolute atomic E-state index is 0.419. The van der Waals surface area contributed by atoms with Crippen LogP contribution in [0.25, 0.3) is 27.4 Å². The molecule has 3 nitrogen and oxygen atoms in total. The van der Waals surface area contributed by atoms with Gasteiger partial charge < -0.3 is 10.5 Å². The van der Waals surface area contributed by atoms with Crippen LogP contribution >= 0.6 is 11.3 Å². The molecule has 1 unspecified atom stereocenters. The number of benzene rings is 2. The molecular weight excluding hydrogens is 316 g/mol. The number of fused-ring (bicyclic) bond motifs is 2. The predicted octanol–water partition coefficient (Wildman–Crippen LogP) is 5.55. The molecule has 1 aromatic heterocycles. The van der Waals surface area contributed by atoms with Crippen LogP contribution in [0, 0.1) is 0 Å². The second-order valence-electron chi connectivity index (χ2n) is 6.08. The molecule has 0 fully saturated rings. The van der Waals surface area contributed by atoms with Gasteiger partial charge in [0.05, 0.1) is 16.5 Å². The van der Waals surface area contributed by atoms with E-state index in [0.29, 0.717) is 11.0 Å². The van der Waals surface area contributed by atoms with Gasteiger partial charge in [-0.2, -0.15) is 0 Å². The molecule has 0 amide bonds. The Morgan fingerprint density at radius 2 is 2.04 bits per heavy atom. The fraction of sp³-hybridized carbons (Fsp3) is 0.150. The van der Waals surface area contributed by atoms with Gasteiger partial charge in [0.15, 0.2) is 5.13 Å². The zero-order valence-electron chi connectivity index (χ0n) is 13.5. The molecule has 1 atom stereocenters. The Hall–Kier alpha value is -2.59. The molecule has 4 heteroatoms. The van der Waals surface area contributed by atoms with Crippen molar-refractivity contribution in [3.63, 3.8) is 0 Å². The quantitative estimate of drug-likeness (QED) is 0.638. The molecular formula is C20H18N2OS. The van der Waals surface area contributed by atoms with E-state index in [1.807, 2.05) is 6.07 Å². The Bertz CT molecular complexity index is 971. The van der Waals surface area contributed by atoms with Crippen molar-refractivity contribution >= 4 is 32.8 Å². The lowest BCUT2D eigenvalue weighted by Gasteiger charge is -2.22. The summed E-state index contributed by atoms with van der Waals surface area (Å²) in [6.07, 6.45) is 4.49. The first-order valence-electron chi connectivity index (χ1n) is 7.92. The normalized spacial score (nSPS) is 16.5. The van der Waals surface area contributed by atoms with Crippen LogP contribution in [0.2, 0.25) is 0 Å². The molecule has 0 saturated heterocycles. The first-order chi connectivity index (χ1) is 11.6. The van der Waals surface area contributed by atoms with E-state index in [4.69, 9.17) is 10.5 Å². The summed E-state index contributed by atoms with van der Waals surface area (Å²) in [5.41, 5.74) is 11.8. The third-order valence-corrected chi connectivity index (χ3v) is 5.26. The van der Waals surface area contributed by atoms with Gasteiger partial charge in [-0.05, 0) is 46.4 Å². The highest BCUT2D eigenvalue weighted by atomic mass is 32.1. The van der Waals surface area contributed by atoms with Crippen LogP contribution in [0.1, 0.15) is 30.4 Å². The number of anilines is 1. The summed E-state index contributed by atoms with van der Waals surface area (Å²) >= 11 is 1.53. The molecule has 2 N–H and O–H groups in total. The van der Waals surface area contributed by atoms with Crippen LogP contribution < -0.4 is 5.73 Å². The second-order valence-corrected chi connectivity index (χ2v) is 7.14. The van der Waals surface area contributed by atoms with Crippen molar-refractivity contribution in [2.45, 2.75) is 19.3 Å². The van der Waals surface area contributed by atoms with Crippen molar-refractivity contribution in [2.75, 3.05) is 5.73 Å². The van der Waals surface area contributed by atoms with Crippen molar-refractivity contribution < 1.29 is 4.74 Å². The number of allylic oxidation sites excluding steroid dienone is 1. The van der Waals surface area contributed by atoms with Crippen LogP contribution in [0.5, 0.6) is 0 Å². The fourth-order valence-corrected chi connectivity index (χ4v) is 4.04. The standard InChI is InChI=1S/C20H18N2OS/c1-3-23-16-8-12(2)17-10-13(4-5-15(17)9-16)14-6-7-18-19(11-14)24-20(21)22-18/h3-7,9-12H,1,8H2,2H3,(H2,21,22).